The fourth-order valence-corrected chi connectivity index (χ4v) is 4.19. The van der Waals surface area contributed by atoms with Crippen LogP contribution in [0.25, 0.3) is 6.08 Å². The Morgan fingerprint density at radius 3 is 2.96 bits per heavy atom. The fraction of sp³-hybridized carbons (Fsp3) is 0.350. The number of nitrogens with one attached hydrogen (secondary N) is 1. The van der Waals surface area contributed by atoms with Gasteiger partial charge in [0.2, 0.25) is 12.7 Å². The molecule has 0 spiro atoms. The summed E-state index contributed by atoms with van der Waals surface area (Å²) in [5, 5.41) is 2.46. The van der Waals surface area contributed by atoms with Crippen LogP contribution in [0, 0.1) is 5.92 Å². The number of imide groups is 1. The summed E-state index contributed by atoms with van der Waals surface area (Å²) in [6, 6.07) is 5.35. The second-order valence-corrected chi connectivity index (χ2v) is 7.76. The summed E-state index contributed by atoms with van der Waals surface area (Å²) in [5.41, 5.74) is 0.757. The van der Waals surface area contributed by atoms with Gasteiger partial charge in [0.15, 0.2) is 11.5 Å². The number of fused-ring (bicyclic) bond motifs is 1. The van der Waals surface area contributed by atoms with Gasteiger partial charge in [0.05, 0.1) is 4.91 Å². The molecule has 146 valence electrons. The zero-order chi connectivity index (χ0) is 19.5. The standard InChI is InChI=1S/C20H20N2O5S/c23-18(11-13-3-1-2-4-13)21-7-8-22-19(24)17(28-20(22)25)10-14-5-6-15-16(9-14)27-12-26-15/h1,3,5-6,9-10,13H,2,4,7-8,11-12H2,(H,21,23)/b17-10+. The van der Waals surface area contributed by atoms with E-state index >= 15 is 0 Å². The first-order valence-corrected chi connectivity index (χ1v) is 10.0. The summed E-state index contributed by atoms with van der Waals surface area (Å²) in [6.07, 6.45) is 8.29. The van der Waals surface area contributed by atoms with Gasteiger partial charge in [-0.3, -0.25) is 19.3 Å². The van der Waals surface area contributed by atoms with Crippen LogP contribution in [0.15, 0.2) is 35.3 Å². The highest BCUT2D eigenvalue weighted by Crippen LogP contribution is 2.36. The summed E-state index contributed by atoms with van der Waals surface area (Å²) in [5.74, 6) is 1.17. The van der Waals surface area contributed by atoms with Crippen molar-refractivity contribution < 1.29 is 23.9 Å². The van der Waals surface area contributed by atoms with Gasteiger partial charge >= 0.3 is 0 Å². The van der Waals surface area contributed by atoms with E-state index in [4.69, 9.17) is 9.47 Å². The van der Waals surface area contributed by atoms with Crippen molar-refractivity contribution in [3.63, 3.8) is 0 Å². The molecule has 1 fully saturated rings. The summed E-state index contributed by atoms with van der Waals surface area (Å²) in [6.45, 7) is 0.595. The predicted octanol–water partition coefficient (Wildman–Crippen LogP) is 2.92. The molecule has 4 rings (SSSR count). The number of carbonyl (C=O) groups excluding carboxylic acids is 3. The van der Waals surface area contributed by atoms with Gasteiger partial charge in [0.1, 0.15) is 0 Å². The van der Waals surface area contributed by atoms with Crippen LogP contribution < -0.4 is 14.8 Å². The zero-order valence-corrected chi connectivity index (χ0v) is 16.0. The van der Waals surface area contributed by atoms with Crippen molar-refractivity contribution in [1.82, 2.24) is 10.2 Å². The third-order valence-electron chi connectivity index (χ3n) is 4.79. The molecule has 0 radical (unpaired) electrons. The van der Waals surface area contributed by atoms with Gasteiger partial charge in [0.25, 0.3) is 11.1 Å². The van der Waals surface area contributed by atoms with E-state index in [2.05, 4.69) is 17.5 Å². The van der Waals surface area contributed by atoms with E-state index in [1.165, 1.54) is 4.90 Å². The van der Waals surface area contributed by atoms with Crippen LogP contribution >= 0.6 is 11.8 Å². The highest BCUT2D eigenvalue weighted by molar-refractivity contribution is 8.18. The Hall–Kier alpha value is -2.74. The number of ether oxygens (including phenoxy) is 2. The van der Waals surface area contributed by atoms with Crippen LogP contribution in [0.2, 0.25) is 0 Å². The first kappa shape index (κ1) is 18.6. The average Bonchev–Trinajstić information content (AvgIpc) is 3.39. The van der Waals surface area contributed by atoms with E-state index in [1.54, 1.807) is 24.3 Å². The molecule has 3 amide bonds. The van der Waals surface area contributed by atoms with Crippen LogP contribution in [0.1, 0.15) is 24.8 Å². The van der Waals surface area contributed by atoms with Crippen LogP contribution in [0.5, 0.6) is 11.5 Å². The number of hydrogen-bond acceptors (Lipinski definition) is 6. The number of nitrogens with zero attached hydrogens (tertiary/aromatic N) is 1. The maximum Gasteiger partial charge on any atom is 0.293 e. The second kappa shape index (κ2) is 8.10. The summed E-state index contributed by atoms with van der Waals surface area (Å²) < 4.78 is 10.6. The Kier molecular flexibility index (Phi) is 5.38. The first-order chi connectivity index (χ1) is 13.6. The normalized spacial score (nSPS) is 21.8. The predicted molar refractivity (Wildman–Crippen MR) is 105 cm³/mol. The lowest BCUT2D eigenvalue weighted by Crippen LogP contribution is -2.37. The molecule has 8 heteroatoms. The molecule has 1 aromatic rings. The molecule has 0 saturated carbocycles. The van der Waals surface area contributed by atoms with Gasteiger partial charge in [-0.05, 0) is 54.3 Å². The molecular weight excluding hydrogens is 380 g/mol. The minimum absolute atomic E-state index is 0.0561. The third kappa shape index (κ3) is 4.06. The Morgan fingerprint density at radius 2 is 2.14 bits per heavy atom. The van der Waals surface area contributed by atoms with Crippen molar-refractivity contribution in [1.29, 1.82) is 0 Å². The maximum atomic E-state index is 12.5. The SMILES string of the molecule is O=C(CC1C=CCC1)NCCN1C(=O)S/C(=C/c2ccc3c(c2)OCO3)C1=O. The molecule has 3 aliphatic rings. The van der Waals surface area contributed by atoms with Crippen molar-refractivity contribution in [2.75, 3.05) is 19.9 Å². The molecule has 1 N–H and O–H groups in total. The second-order valence-electron chi connectivity index (χ2n) is 6.77. The molecule has 1 saturated heterocycles. The Morgan fingerprint density at radius 1 is 1.29 bits per heavy atom. The number of amides is 3. The van der Waals surface area contributed by atoms with Crippen molar-refractivity contribution in [3.05, 3.63) is 40.8 Å². The van der Waals surface area contributed by atoms with Crippen LogP contribution in [-0.2, 0) is 9.59 Å². The van der Waals surface area contributed by atoms with E-state index < -0.39 is 0 Å². The summed E-state index contributed by atoms with van der Waals surface area (Å²) >= 11 is 0.900. The topological polar surface area (TPSA) is 84.9 Å². The molecule has 7 nitrogen and oxygen atoms in total. The van der Waals surface area contributed by atoms with Crippen molar-refractivity contribution >= 4 is 34.9 Å². The summed E-state index contributed by atoms with van der Waals surface area (Å²) in [7, 11) is 0. The van der Waals surface area contributed by atoms with Gasteiger partial charge < -0.3 is 14.8 Å². The lowest BCUT2D eigenvalue weighted by molar-refractivity contribution is -0.124. The zero-order valence-electron chi connectivity index (χ0n) is 15.2. The largest absolute Gasteiger partial charge is 0.454 e. The highest BCUT2D eigenvalue weighted by Gasteiger charge is 2.34. The smallest absolute Gasteiger partial charge is 0.293 e. The van der Waals surface area contributed by atoms with Gasteiger partial charge in [-0.1, -0.05) is 18.2 Å². The number of hydrogen-bond donors (Lipinski definition) is 1. The Bertz CT molecular complexity index is 879. The molecule has 1 aliphatic carbocycles. The van der Waals surface area contributed by atoms with E-state index in [9.17, 15) is 14.4 Å². The van der Waals surface area contributed by atoms with Crippen LogP contribution in [-0.4, -0.2) is 41.8 Å². The first-order valence-electron chi connectivity index (χ1n) is 9.18. The molecule has 0 bridgehead atoms. The van der Waals surface area contributed by atoms with Gasteiger partial charge in [-0.15, -0.1) is 0 Å². The van der Waals surface area contributed by atoms with Crippen molar-refractivity contribution in [3.8, 4) is 11.5 Å². The Balaban J connectivity index is 1.32. The average molecular weight is 400 g/mol. The third-order valence-corrected chi connectivity index (χ3v) is 5.69. The molecule has 0 aromatic heterocycles. The van der Waals surface area contributed by atoms with Crippen molar-refractivity contribution in [2.24, 2.45) is 5.92 Å². The number of rotatable bonds is 6. The molecule has 28 heavy (non-hydrogen) atoms. The molecule has 1 aromatic carbocycles. The maximum absolute atomic E-state index is 12.5. The lowest BCUT2D eigenvalue weighted by atomic mass is 10.1. The molecule has 2 aliphatic heterocycles. The summed E-state index contributed by atoms with van der Waals surface area (Å²) in [4.78, 5) is 38.2. The van der Waals surface area contributed by atoms with Crippen LogP contribution in [0.4, 0.5) is 4.79 Å². The lowest BCUT2D eigenvalue weighted by Gasteiger charge is -2.13. The van der Waals surface area contributed by atoms with E-state index in [0.29, 0.717) is 28.7 Å². The van der Waals surface area contributed by atoms with E-state index in [0.717, 1.165) is 30.2 Å². The quantitative estimate of drug-likeness (QED) is 0.584. The molecule has 1 atom stereocenters. The number of allylic oxidation sites excluding steroid dienone is 2. The minimum atomic E-state index is -0.347. The molecule has 2 heterocycles. The minimum Gasteiger partial charge on any atom is -0.454 e. The monoisotopic (exact) mass is 400 g/mol. The van der Waals surface area contributed by atoms with Crippen LogP contribution in [0.3, 0.4) is 0 Å². The number of carbonyl (C=O) groups is 3. The molecular formula is C20H20N2O5S. The van der Waals surface area contributed by atoms with Gasteiger partial charge in [-0.25, -0.2) is 0 Å². The van der Waals surface area contributed by atoms with E-state index in [-0.39, 0.29) is 36.9 Å². The molecule has 1 unspecified atom stereocenters. The van der Waals surface area contributed by atoms with Crippen molar-refractivity contribution in [2.45, 2.75) is 19.3 Å². The highest BCUT2D eigenvalue weighted by atomic mass is 32.2. The number of thioether (sulfide) groups is 1. The Labute approximate surface area is 166 Å². The van der Waals surface area contributed by atoms with Gasteiger partial charge in [-0.2, -0.15) is 0 Å². The number of benzene rings is 1. The van der Waals surface area contributed by atoms with E-state index in [1.807, 2.05) is 0 Å². The van der Waals surface area contributed by atoms with Gasteiger partial charge in [0, 0.05) is 19.5 Å². The fourth-order valence-electron chi connectivity index (χ4n) is 3.33.